The van der Waals surface area contributed by atoms with E-state index in [0.29, 0.717) is 23.1 Å². The number of allylic oxidation sites excluding steroid dienone is 1. The van der Waals surface area contributed by atoms with Crippen LogP contribution in [0.5, 0.6) is 5.75 Å². The molecule has 0 amide bonds. The Hall–Kier alpha value is -4.43. The van der Waals surface area contributed by atoms with Gasteiger partial charge in [-0.1, -0.05) is 48.5 Å². The predicted octanol–water partition coefficient (Wildman–Crippen LogP) is 5.66. The molecule has 0 saturated heterocycles. The van der Waals surface area contributed by atoms with Gasteiger partial charge in [0.2, 0.25) is 0 Å². The second-order valence-corrected chi connectivity index (χ2v) is 7.94. The smallest absolute Gasteiger partial charge is 0.339 e. The first kappa shape index (κ1) is 20.5. The summed E-state index contributed by atoms with van der Waals surface area (Å²) in [4.78, 5) is 18.2. The van der Waals surface area contributed by atoms with Crippen LogP contribution >= 0.6 is 0 Å². The Kier molecular flexibility index (Phi) is 5.34. The van der Waals surface area contributed by atoms with Gasteiger partial charge in [0, 0.05) is 10.9 Å². The summed E-state index contributed by atoms with van der Waals surface area (Å²) in [5.41, 5.74) is 6.15. The molecule has 33 heavy (non-hydrogen) atoms. The average molecular weight is 432 g/mol. The molecule has 160 valence electrons. The zero-order chi connectivity index (χ0) is 22.8. The number of nitrogens with zero attached hydrogens (tertiary/aromatic N) is 2. The van der Waals surface area contributed by atoms with Crippen LogP contribution in [0.15, 0.2) is 72.8 Å². The van der Waals surface area contributed by atoms with Crippen LogP contribution in [-0.4, -0.2) is 16.1 Å². The lowest BCUT2D eigenvalue weighted by Gasteiger charge is -2.13. The van der Waals surface area contributed by atoms with E-state index in [1.807, 2.05) is 48.5 Å². The van der Waals surface area contributed by atoms with Crippen LogP contribution in [0.2, 0.25) is 0 Å². The molecule has 1 aliphatic carbocycles. The number of pyridine rings is 1. The number of aromatic nitrogens is 1. The van der Waals surface area contributed by atoms with Gasteiger partial charge >= 0.3 is 5.97 Å². The van der Waals surface area contributed by atoms with Gasteiger partial charge in [0.25, 0.3) is 0 Å². The number of ether oxygens (including phenoxy) is 1. The normalized spacial score (nSPS) is 13.6. The zero-order valence-corrected chi connectivity index (χ0v) is 17.8. The number of aromatic hydroxyl groups is 1. The van der Waals surface area contributed by atoms with Crippen molar-refractivity contribution in [2.75, 3.05) is 0 Å². The molecule has 4 aromatic rings. The second kappa shape index (κ2) is 8.60. The quantitative estimate of drug-likeness (QED) is 0.421. The Morgan fingerprint density at radius 2 is 1.79 bits per heavy atom. The molecular weight excluding hydrogens is 412 g/mol. The van der Waals surface area contributed by atoms with Crippen LogP contribution in [0, 0.1) is 11.3 Å². The Balaban J connectivity index is 1.54. The summed E-state index contributed by atoms with van der Waals surface area (Å²) in [6, 6.07) is 23.8. The van der Waals surface area contributed by atoms with Crippen molar-refractivity contribution in [1.29, 1.82) is 5.26 Å². The summed E-state index contributed by atoms with van der Waals surface area (Å²) >= 11 is 0. The van der Waals surface area contributed by atoms with Gasteiger partial charge in [0.05, 0.1) is 28.4 Å². The lowest BCUT2D eigenvalue weighted by Crippen LogP contribution is -2.11. The van der Waals surface area contributed by atoms with Crippen LogP contribution in [0.3, 0.4) is 0 Å². The van der Waals surface area contributed by atoms with Gasteiger partial charge in [-0.05, 0) is 59.9 Å². The van der Waals surface area contributed by atoms with Gasteiger partial charge in [-0.15, -0.1) is 0 Å². The number of phenolic OH excluding ortho intramolecular Hbond substituents is 1. The molecule has 1 N–H and O–H groups in total. The fourth-order valence-electron chi connectivity index (χ4n) is 4.25. The molecule has 0 bridgehead atoms. The Bertz CT molecular complexity index is 1450. The summed E-state index contributed by atoms with van der Waals surface area (Å²) in [5, 5.41) is 19.6. The van der Waals surface area contributed by atoms with Crippen molar-refractivity contribution in [3.05, 3.63) is 106 Å². The van der Waals surface area contributed by atoms with Crippen LogP contribution in [0.25, 0.3) is 22.6 Å². The molecular formula is C28H20N2O3. The number of esters is 1. The number of carbonyl (C=O) groups is 1. The van der Waals surface area contributed by atoms with Crippen molar-refractivity contribution in [2.24, 2.45) is 0 Å². The minimum Gasteiger partial charge on any atom is -0.508 e. The molecule has 0 aliphatic heterocycles. The molecule has 5 heteroatoms. The molecule has 1 heterocycles. The third-order valence-electron chi connectivity index (χ3n) is 5.88. The van der Waals surface area contributed by atoms with Crippen LogP contribution < -0.4 is 0 Å². The number of hydrogen-bond donors (Lipinski definition) is 1. The van der Waals surface area contributed by atoms with E-state index >= 15 is 0 Å². The molecule has 0 fully saturated rings. The maximum absolute atomic E-state index is 13.3. The fraction of sp³-hybridized carbons (Fsp3) is 0.107. The third kappa shape index (κ3) is 3.95. The van der Waals surface area contributed by atoms with Gasteiger partial charge in [0.15, 0.2) is 0 Å². The molecule has 0 unspecified atom stereocenters. The van der Waals surface area contributed by atoms with Crippen molar-refractivity contribution < 1.29 is 14.6 Å². The molecule has 3 aromatic carbocycles. The van der Waals surface area contributed by atoms with E-state index in [4.69, 9.17) is 9.72 Å². The first-order valence-corrected chi connectivity index (χ1v) is 10.7. The minimum absolute atomic E-state index is 0.0319. The topological polar surface area (TPSA) is 83.2 Å². The van der Waals surface area contributed by atoms with E-state index in [1.165, 1.54) is 0 Å². The van der Waals surface area contributed by atoms with Gasteiger partial charge in [-0.3, -0.25) is 0 Å². The largest absolute Gasteiger partial charge is 0.508 e. The fourth-order valence-corrected chi connectivity index (χ4v) is 4.25. The summed E-state index contributed by atoms with van der Waals surface area (Å²) in [7, 11) is 0. The van der Waals surface area contributed by atoms with E-state index in [0.717, 1.165) is 39.7 Å². The van der Waals surface area contributed by atoms with Crippen molar-refractivity contribution >= 4 is 28.5 Å². The van der Waals surface area contributed by atoms with Crippen molar-refractivity contribution in [3.8, 4) is 11.8 Å². The number of nitriles is 1. The van der Waals surface area contributed by atoms with Gasteiger partial charge < -0.3 is 9.84 Å². The molecule has 0 saturated carbocycles. The van der Waals surface area contributed by atoms with Crippen LogP contribution in [0.1, 0.15) is 44.7 Å². The maximum Gasteiger partial charge on any atom is 0.339 e. The Morgan fingerprint density at radius 3 is 2.61 bits per heavy atom. The highest BCUT2D eigenvalue weighted by atomic mass is 16.5. The molecule has 0 spiro atoms. The second-order valence-electron chi connectivity index (χ2n) is 7.94. The number of benzene rings is 3. The number of rotatable bonds is 4. The summed E-state index contributed by atoms with van der Waals surface area (Å²) in [6.07, 6.45) is 3.50. The Labute approximate surface area is 191 Å². The first-order valence-electron chi connectivity index (χ1n) is 10.7. The minimum atomic E-state index is -0.413. The molecule has 0 atom stereocenters. The lowest BCUT2D eigenvalue weighted by atomic mass is 10.0. The molecule has 5 rings (SSSR count). The summed E-state index contributed by atoms with van der Waals surface area (Å²) in [6.45, 7) is 0.0319. The van der Waals surface area contributed by atoms with E-state index in [1.54, 1.807) is 30.3 Å². The third-order valence-corrected chi connectivity index (χ3v) is 5.88. The average Bonchev–Trinajstić information content (AvgIpc) is 3.24. The summed E-state index contributed by atoms with van der Waals surface area (Å²) in [5.74, 6) is -0.195. The van der Waals surface area contributed by atoms with Crippen molar-refractivity contribution in [1.82, 2.24) is 4.98 Å². The standard InChI is InChI=1S/C28H20N2O3/c29-16-20-5-1-2-6-21(20)17-33-28(32)26-23-7-3-4-8-25(23)30-27-19(11-14-24(26)27)15-18-9-12-22(31)13-10-18/h1-10,12-13,15,31H,11,14,17H2. The van der Waals surface area contributed by atoms with Crippen LogP contribution in [-0.2, 0) is 17.8 Å². The first-order chi connectivity index (χ1) is 16.1. The van der Waals surface area contributed by atoms with E-state index < -0.39 is 5.97 Å². The number of hydrogen-bond acceptors (Lipinski definition) is 5. The number of phenols is 1. The highest BCUT2D eigenvalue weighted by Gasteiger charge is 2.27. The highest BCUT2D eigenvalue weighted by molar-refractivity contribution is 6.07. The highest BCUT2D eigenvalue weighted by Crippen LogP contribution is 2.38. The van der Waals surface area contributed by atoms with E-state index in [2.05, 4.69) is 6.07 Å². The molecule has 1 aromatic heterocycles. The predicted molar refractivity (Wildman–Crippen MR) is 126 cm³/mol. The maximum atomic E-state index is 13.3. The SMILES string of the molecule is N#Cc1ccccc1COC(=O)c1c2c(nc3ccccc13)C(=Cc1ccc(O)cc1)CC2. The number of para-hydroxylation sites is 1. The number of carbonyl (C=O) groups excluding carboxylic acids is 1. The monoisotopic (exact) mass is 432 g/mol. The van der Waals surface area contributed by atoms with Crippen molar-refractivity contribution in [3.63, 3.8) is 0 Å². The van der Waals surface area contributed by atoms with Gasteiger partial charge in [0.1, 0.15) is 12.4 Å². The zero-order valence-electron chi connectivity index (χ0n) is 17.8. The van der Waals surface area contributed by atoms with E-state index in [9.17, 15) is 15.2 Å². The van der Waals surface area contributed by atoms with Crippen LogP contribution in [0.4, 0.5) is 0 Å². The lowest BCUT2D eigenvalue weighted by molar-refractivity contribution is 0.0473. The summed E-state index contributed by atoms with van der Waals surface area (Å²) < 4.78 is 5.69. The number of fused-ring (bicyclic) bond motifs is 2. The molecule has 0 radical (unpaired) electrons. The van der Waals surface area contributed by atoms with Gasteiger partial charge in [-0.2, -0.15) is 5.26 Å². The van der Waals surface area contributed by atoms with E-state index in [-0.39, 0.29) is 12.4 Å². The van der Waals surface area contributed by atoms with Crippen molar-refractivity contribution in [2.45, 2.75) is 19.4 Å². The van der Waals surface area contributed by atoms with Gasteiger partial charge in [-0.25, -0.2) is 9.78 Å². The molecule has 1 aliphatic rings. The molecule has 5 nitrogen and oxygen atoms in total. The Morgan fingerprint density at radius 1 is 1.03 bits per heavy atom.